The quantitative estimate of drug-likeness (QED) is 0.767. The zero-order valence-electron chi connectivity index (χ0n) is 11.3. The molecule has 0 amide bonds. The molecule has 0 bridgehead atoms. The number of hydrogen-bond acceptors (Lipinski definition) is 2. The molecule has 3 N–H and O–H groups in total. The molecule has 20 heavy (non-hydrogen) atoms. The van der Waals surface area contributed by atoms with Crippen LogP contribution in [0.5, 0.6) is 0 Å². The first kappa shape index (κ1) is 12.9. The van der Waals surface area contributed by atoms with Crippen molar-refractivity contribution >= 4 is 5.97 Å². The highest BCUT2D eigenvalue weighted by molar-refractivity contribution is 5.81. The van der Waals surface area contributed by atoms with Gasteiger partial charge >= 0.3 is 5.97 Å². The first-order valence-electron chi connectivity index (χ1n) is 6.78. The van der Waals surface area contributed by atoms with Gasteiger partial charge in [0, 0.05) is 5.92 Å². The van der Waals surface area contributed by atoms with Gasteiger partial charge < -0.3 is 10.8 Å². The van der Waals surface area contributed by atoms with Gasteiger partial charge in [-0.05, 0) is 34.2 Å². The second-order valence-corrected chi connectivity index (χ2v) is 5.37. The fourth-order valence-electron chi connectivity index (χ4n) is 3.01. The monoisotopic (exact) mass is 267 g/mol. The summed E-state index contributed by atoms with van der Waals surface area (Å²) in [5, 5.41) is 9.13. The Bertz CT molecular complexity index is 678. The second-order valence-electron chi connectivity index (χ2n) is 5.37. The number of benzene rings is 2. The third-order valence-electron chi connectivity index (χ3n) is 4.16. The van der Waals surface area contributed by atoms with Gasteiger partial charge in [-0.15, -0.1) is 0 Å². The maximum atomic E-state index is 11.1. The van der Waals surface area contributed by atoms with Crippen LogP contribution in [0.4, 0.5) is 0 Å². The molecule has 2 aromatic rings. The van der Waals surface area contributed by atoms with Crippen LogP contribution < -0.4 is 5.73 Å². The van der Waals surface area contributed by atoms with E-state index in [1.807, 2.05) is 31.2 Å². The van der Waals surface area contributed by atoms with Crippen molar-refractivity contribution in [1.29, 1.82) is 0 Å². The van der Waals surface area contributed by atoms with Gasteiger partial charge in [0.1, 0.15) is 6.04 Å². The minimum atomic E-state index is -0.957. The molecule has 0 radical (unpaired) electrons. The average molecular weight is 267 g/mol. The Morgan fingerprint density at radius 2 is 1.85 bits per heavy atom. The van der Waals surface area contributed by atoms with Crippen LogP contribution in [0.3, 0.4) is 0 Å². The van der Waals surface area contributed by atoms with E-state index in [4.69, 9.17) is 10.8 Å². The van der Waals surface area contributed by atoms with E-state index < -0.39 is 12.0 Å². The Kier molecular flexibility index (Phi) is 3.07. The van der Waals surface area contributed by atoms with Crippen LogP contribution in [0, 0.1) is 0 Å². The number of rotatable bonds is 3. The Hall–Kier alpha value is -2.13. The van der Waals surface area contributed by atoms with Gasteiger partial charge in [0.15, 0.2) is 0 Å². The van der Waals surface area contributed by atoms with Crippen molar-refractivity contribution in [2.75, 3.05) is 0 Å². The van der Waals surface area contributed by atoms with Gasteiger partial charge in [-0.25, -0.2) is 0 Å². The summed E-state index contributed by atoms with van der Waals surface area (Å²) in [5.74, 6) is -1.17. The van der Waals surface area contributed by atoms with Gasteiger partial charge in [0.05, 0.1) is 0 Å². The van der Waals surface area contributed by atoms with E-state index in [1.54, 1.807) is 0 Å². The van der Waals surface area contributed by atoms with E-state index >= 15 is 0 Å². The number of carboxylic acid groups (broad SMARTS) is 1. The SMILES string of the molecule is C[C@H](c1cccc2c1-c1ccccc1C2)[C@H](N)C(=O)O. The molecule has 0 aromatic heterocycles. The van der Waals surface area contributed by atoms with Crippen LogP contribution in [-0.2, 0) is 11.2 Å². The normalized spacial score (nSPS) is 15.3. The topological polar surface area (TPSA) is 63.3 Å². The third kappa shape index (κ3) is 1.91. The first-order valence-corrected chi connectivity index (χ1v) is 6.78. The van der Waals surface area contributed by atoms with Crippen LogP contribution in [0.25, 0.3) is 11.1 Å². The van der Waals surface area contributed by atoms with E-state index in [2.05, 4.69) is 18.2 Å². The molecule has 0 spiro atoms. The van der Waals surface area contributed by atoms with Crippen molar-refractivity contribution < 1.29 is 9.90 Å². The third-order valence-corrected chi connectivity index (χ3v) is 4.16. The average Bonchev–Trinajstić information content (AvgIpc) is 2.84. The molecular formula is C17H17NO2. The van der Waals surface area contributed by atoms with E-state index in [-0.39, 0.29) is 5.92 Å². The Morgan fingerprint density at radius 3 is 2.60 bits per heavy atom. The molecule has 3 heteroatoms. The minimum absolute atomic E-state index is 0.214. The highest BCUT2D eigenvalue weighted by Crippen LogP contribution is 2.41. The number of carbonyl (C=O) groups is 1. The molecule has 2 aromatic carbocycles. The maximum Gasteiger partial charge on any atom is 0.321 e. The van der Waals surface area contributed by atoms with Crippen LogP contribution in [0.15, 0.2) is 42.5 Å². The summed E-state index contributed by atoms with van der Waals surface area (Å²) in [7, 11) is 0. The second kappa shape index (κ2) is 4.76. The lowest BCUT2D eigenvalue weighted by Crippen LogP contribution is -2.35. The minimum Gasteiger partial charge on any atom is -0.480 e. The molecule has 0 heterocycles. The van der Waals surface area contributed by atoms with Crippen molar-refractivity contribution in [2.24, 2.45) is 5.73 Å². The summed E-state index contributed by atoms with van der Waals surface area (Å²) in [6, 6.07) is 13.5. The van der Waals surface area contributed by atoms with Crippen LogP contribution in [0.2, 0.25) is 0 Å². The zero-order chi connectivity index (χ0) is 14.3. The van der Waals surface area contributed by atoms with Crippen molar-refractivity contribution in [3.63, 3.8) is 0 Å². The van der Waals surface area contributed by atoms with Gasteiger partial charge in [-0.3, -0.25) is 4.79 Å². The summed E-state index contributed by atoms with van der Waals surface area (Å²) < 4.78 is 0. The predicted octanol–water partition coefficient (Wildman–Crippen LogP) is 2.77. The zero-order valence-corrected chi connectivity index (χ0v) is 11.3. The van der Waals surface area contributed by atoms with Gasteiger partial charge in [-0.2, -0.15) is 0 Å². The van der Waals surface area contributed by atoms with E-state index in [0.717, 1.165) is 12.0 Å². The molecule has 0 saturated heterocycles. The standard InChI is InChI=1S/C17H17NO2/c1-10(16(18)17(19)20)13-8-4-6-12-9-11-5-2-3-7-14(11)15(12)13/h2-8,10,16H,9,18H2,1H3,(H,19,20)/t10-,16+/m1/s1. The lowest BCUT2D eigenvalue weighted by molar-refractivity contribution is -0.138. The van der Waals surface area contributed by atoms with Gasteiger partial charge in [-0.1, -0.05) is 49.4 Å². The smallest absolute Gasteiger partial charge is 0.321 e. The lowest BCUT2D eigenvalue weighted by atomic mass is 9.87. The summed E-state index contributed by atoms with van der Waals surface area (Å²) in [4.78, 5) is 11.1. The molecule has 102 valence electrons. The summed E-state index contributed by atoms with van der Waals surface area (Å²) >= 11 is 0. The molecule has 0 fully saturated rings. The van der Waals surface area contributed by atoms with Crippen LogP contribution >= 0.6 is 0 Å². The maximum absolute atomic E-state index is 11.1. The predicted molar refractivity (Wildman–Crippen MR) is 78.7 cm³/mol. The summed E-state index contributed by atoms with van der Waals surface area (Å²) in [5.41, 5.74) is 11.8. The van der Waals surface area contributed by atoms with E-state index in [1.165, 1.54) is 22.3 Å². The molecular weight excluding hydrogens is 250 g/mol. The fourth-order valence-corrected chi connectivity index (χ4v) is 3.01. The number of aliphatic carboxylic acids is 1. The van der Waals surface area contributed by atoms with E-state index in [9.17, 15) is 4.79 Å². The molecule has 1 aliphatic carbocycles. The molecule has 3 rings (SSSR count). The number of fused-ring (bicyclic) bond motifs is 3. The van der Waals surface area contributed by atoms with Gasteiger partial charge in [0.25, 0.3) is 0 Å². The van der Waals surface area contributed by atoms with Gasteiger partial charge in [0.2, 0.25) is 0 Å². The summed E-state index contributed by atoms with van der Waals surface area (Å²) in [6.45, 7) is 1.88. The van der Waals surface area contributed by atoms with Crippen molar-refractivity contribution in [3.8, 4) is 11.1 Å². The van der Waals surface area contributed by atoms with E-state index in [0.29, 0.717) is 0 Å². The number of nitrogens with two attached hydrogens (primary N) is 1. The highest BCUT2D eigenvalue weighted by atomic mass is 16.4. The van der Waals surface area contributed by atoms with Crippen LogP contribution in [0.1, 0.15) is 29.5 Å². The Labute approximate surface area is 118 Å². The summed E-state index contributed by atoms with van der Waals surface area (Å²) in [6.07, 6.45) is 0.911. The largest absolute Gasteiger partial charge is 0.480 e. The molecule has 2 atom stereocenters. The molecule has 1 aliphatic rings. The number of hydrogen-bond donors (Lipinski definition) is 2. The lowest BCUT2D eigenvalue weighted by Gasteiger charge is -2.20. The molecule has 0 aliphatic heterocycles. The Balaban J connectivity index is 2.13. The molecule has 0 unspecified atom stereocenters. The highest BCUT2D eigenvalue weighted by Gasteiger charge is 2.28. The fraction of sp³-hybridized carbons (Fsp3) is 0.235. The van der Waals surface area contributed by atoms with Crippen LogP contribution in [-0.4, -0.2) is 17.1 Å². The number of carboxylic acids is 1. The Morgan fingerprint density at radius 1 is 1.15 bits per heavy atom. The molecule has 3 nitrogen and oxygen atoms in total. The van der Waals surface area contributed by atoms with Crippen molar-refractivity contribution in [3.05, 3.63) is 59.2 Å². The van der Waals surface area contributed by atoms with Crippen molar-refractivity contribution in [1.82, 2.24) is 0 Å². The first-order chi connectivity index (χ1) is 9.59. The molecule has 0 saturated carbocycles. The van der Waals surface area contributed by atoms with Crippen molar-refractivity contribution in [2.45, 2.75) is 25.3 Å².